The summed E-state index contributed by atoms with van der Waals surface area (Å²) in [6.45, 7) is 3.31. The summed E-state index contributed by atoms with van der Waals surface area (Å²) < 4.78 is 0. The summed E-state index contributed by atoms with van der Waals surface area (Å²) in [5.74, 6) is -0.171. The van der Waals surface area contributed by atoms with Crippen LogP contribution >= 0.6 is 23.1 Å². The number of para-hydroxylation sites is 1. The number of benzene rings is 2. The van der Waals surface area contributed by atoms with E-state index in [2.05, 4.69) is 9.98 Å². The van der Waals surface area contributed by atoms with Crippen molar-refractivity contribution in [3.63, 3.8) is 0 Å². The van der Waals surface area contributed by atoms with Crippen molar-refractivity contribution >= 4 is 56.9 Å². The zero-order valence-corrected chi connectivity index (χ0v) is 17.5. The third-order valence-corrected chi connectivity index (χ3v) is 6.34. The highest BCUT2D eigenvalue weighted by Crippen LogP contribution is 2.38. The van der Waals surface area contributed by atoms with Crippen LogP contribution in [0.4, 0.5) is 10.8 Å². The first-order chi connectivity index (χ1) is 14.0. The third kappa shape index (κ3) is 4.06. The lowest BCUT2D eigenvalue weighted by molar-refractivity contribution is -0.113. The molecule has 0 aliphatic carbocycles. The Balaban J connectivity index is 1.78. The van der Waals surface area contributed by atoms with Crippen LogP contribution in [0.25, 0.3) is 6.08 Å². The van der Waals surface area contributed by atoms with Crippen molar-refractivity contribution < 1.29 is 9.59 Å². The monoisotopic (exact) mass is 419 g/mol. The van der Waals surface area contributed by atoms with Crippen molar-refractivity contribution in [1.29, 1.82) is 0 Å². The van der Waals surface area contributed by atoms with Crippen LogP contribution in [0.1, 0.15) is 27.9 Å². The van der Waals surface area contributed by atoms with E-state index >= 15 is 0 Å². The molecule has 0 bridgehead atoms. The number of amides is 1. The van der Waals surface area contributed by atoms with E-state index < -0.39 is 0 Å². The van der Waals surface area contributed by atoms with E-state index in [1.807, 2.05) is 66.7 Å². The molecule has 1 aliphatic heterocycles. The maximum absolute atomic E-state index is 13.2. The van der Waals surface area contributed by atoms with Crippen molar-refractivity contribution in [2.45, 2.75) is 13.8 Å². The fourth-order valence-electron chi connectivity index (χ4n) is 2.89. The molecule has 0 unspecified atom stereocenters. The maximum atomic E-state index is 13.2. The molecule has 29 heavy (non-hydrogen) atoms. The standard InChI is InChI=1S/C22H17N3O2S2/c1-14-19(15(2)26)29-21(23-14)24-22-25(17-11-7-4-8-12-17)20(27)18(28-22)13-16-9-5-3-6-10-16/h3-13H,1-2H3/b18-13-,24-22-. The molecular weight excluding hydrogens is 402 g/mol. The van der Waals surface area contributed by atoms with E-state index in [1.54, 1.807) is 11.8 Å². The summed E-state index contributed by atoms with van der Waals surface area (Å²) >= 11 is 2.54. The average molecular weight is 420 g/mol. The number of nitrogens with zero attached hydrogens (tertiary/aromatic N) is 3. The number of Topliss-reactive ketones (excluding diaryl/α,β-unsaturated/α-hetero) is 1. The van der Waals surface area contributed by atoms with E-state index in [-0.39, 0.29) is 11.7 Å². The number of anilines is 1. The van der Waals surface area contributed by atoms with Crippen molar-refractivity contribution in [1.82, 2.24) is 4.98 Å². The zero-order chi connectivity index (χ0) is 20.4. The largest absolute Gasteiger partial charge is 0.294 e. The van der Waals surface area contributed by atoms with Crippen LogP contribution in [0.3, 0.4) is 0 Å². The van der Waals surface area contributed by atoms with Gasteiger partial charge in [-0.25, -0.2) is 4.98 Å². The number of amidine groups is 1. The number of hydrogen-bond donors (Lipinski definition) is 0. The van der Waals surface area contributed by atoms with Crippen LogP contribution in [-0.2, 0) is 4.79 Å². The molecule has 5 nitrogen and oxygen atoms in total. The molecule has 1 amide bonds. The molecule has 0 saturated carbocycles. The van der Waals surface area contributed by atoms with E-state index in [0.29, 0.717) is 25.8 Å². The number of hydrogen-bond acceptors (Lipinski definition) is 6. The SMILES string of the molecule is CC(=O)c1sc(/N=C2\S/C(=C\c3ccccc3)C(=O)N2c2ccccc2)nc1C. The molecule has 144 valence electrons. The molecule has 0 atom stereocenters. The van der Waals surface area contributed by atoms with Crippen LogP contribution in [0.15, 0.2) is 70.6 Å². The van der Waals surface area contributed by atoms with Crippen molar-refractivity contribution in [3.8, 4) is 0 Å². The maximum Gasteiger partial charge on any atom is 0.271 e. The first-order valence-corrected chi connectivity index (χ1v) is 10.6. The smallest absolute Gasteiger partial charge is 0.271 e. The Bertz CT molecular complexity index is 1140. The van der Waals surface area contributed by atoms with Gasteiger partial charge in [-0.05, 0) is 42.5 Å². The Kier molecular flexibility index (Phi) is 5.42. The number of aromatic nitrogens is 1. The summed E-state index contributed by atoms with van der Waals surface area (Å²) in [4.78, 5) is 36.7. The van der Waals surface area contributed by atoms with Gasteiger partial charge in [-0.3, -0.25) is 14.5 Å². The minimum absolute atomic E-state index is 0.0359. The second-order valence-corrected chi connectivity index (χ2v) is 8.35. The fourth-order valence-corrected chi connectivity index (χ4v) is 4.77. The Morgan fingerprint density at radius 2 is 1.72 bits per heavy atom. The quantitative estimate of drug-likeness (QED) is 0.416. The second-order valence-electron chi connectivity index (χ2n) is 6.36. The Labute approximate surface area is 176 Å². The van der Waals surface area contributed by atoms with Gasteiger partial charge < -0.3 is 0 Å². The van der Waals surface area contributed by atoms with Crippen LogP contribution in [0.2, 0.25) is 0 Å². The topological polar surface area (TPSA) is 62.6 Å². The molecule has 0 spiro atoms. The molecular formula is C22H17N3O2S2. The summed E-state index contributed by atoms with van der Waals surface area (Å²) in [6, 6.07) is 19.1. The van der Waals surface area contributed by atoms with Crippen LogP contribution < -0.4 is 4.90 Å². The lowest BCUT2D eigenvalue weighted by Crippen LogP contribution is -2.28. The predicted octanol–water partition coefficient (Wildman–Crippen LogP) is 5.46. The van der Waals surface area contributed by atoms with Gasteiger partial charge in [0.2, 0.25) is 5.13 Å². The first kappa shape index (κ1) is 19.3. The average Bonchev–Trinajstić information content (AvgIpc) is 3.23. The number of carbonyl (C=O) groups is 2. The van der Waals surface area contributed by atoms with Crippen LogP contribution in [0.5, 0.6) is 0 Å². The van der Waals surface area contributed by atoms with Crippen molar-refractivity contribution in [2.24, 2.45) is 4.99 Å². The van der Waals surface area contributed by atoms with Gasteiger partial charge in [-0.1, -0.05) is 59.9 Å². The minimum Gasteiger partial charge on any atom is -0.294 e. The molecule has 2 aromatic carbocycles. The van der Waals surface area contributed by atoms with Gasteiger partial charge in [-0.2, -0.15) is 4.99 Å². The molecule has 4 rings (SSSR count). The molecule has 0 radical (unpaired) electrons. The van der Waals surface area contributed by atoms with Gasteiger partial charge in [0, 0.05) is 6.92 Å². The summed E-state index contributed by atoms with van der Waals surface area (Å²) in [7, 11) is 0. The number of ketones is 1. The predicted molar refractivity (Wildman–Crippen MR) is 120 cm³/mol. The molecule has 2 heterocycles. The Hall–Kier alpha value is -3.03. The van der Waals surface area contributed by atoms with E-state index in [9.17, 15) is 9.59 Å². The minimum atomic E-state index is -0.135. The molecule has 0 N–H and O–H groups in total. The Morgan fingerprint density at radius 1 is 1.07 bits per heavy atom. The van der Waals surface area contributed by atoms with Gasteiger partial charge in [0.1, 0.15) is 0 Å². The van der Waals surface area contributed by atoms with Gasteiger partial charge in [0.25, 0.3) is 5.91 Å². The van der Waals surface area contributed by atoms with E-state index in [4.69, 9.17) is 0 Å². The number of rotatable bonds is 4. The summed E-state index contributed by atoms with van der Waals surface area (Å²) in [5, 5.41) is 0.983. The molecule has 1 aliphatic rings. The van der Waals surface area contributed by atoms with Gasteiger partial charge in [-0.15, -0.1) is 0 Å². The van der Waals surface area contributed by atoms with Crippen molar-refractivity contribution in [2.75, 3.05) is 4.90 Å². The highest BCUT2D eigenvalue weighted by atomic mass is 32.2. The highest BCUT2D eigenvalue weighted by Gasteiger charge is 2.35. The number of aliphatic imine (C=N–C) groups is 1. The summed E-state index contributed by atoms with van der Waals surface area (Å²) in [5.41, 5.74) is 2.34. The molecule has 3 aromatic rings. The number of aryl methyl sites for hydroxylation is 1. The number of carbonyl (C=O) groups excluding carboxylic acids is 2. The number of thiazole rings is 1. The molecule has 1 aromatic heterocycles. The van der Waals surface area contributed by atoms with E-state index in [1.165, 1.54) is 30.0 Å². The van der Waals surface area contributed by atoms with Gasteiger partial charge in [0.05, 0.1) is 21.2 Å². The third-order valence-electron chi connectivity index (χ3n) is 4.21. The fraction of sp³-hybridized carbons (Fsp3) is 0.0909. The molecule has 7 heteroatoms. The van der Waals surface area contributed by atoms with Gasteiger partial charge >= 0.3 is 0 Å². The van der Waals surface area contributed by atoms with Crippen molar-refractivity contribution in [3.05, 3.63) is 81.7 Å². The van der Waals surface area contributed by atoms with Crippen LogP contribution in [-0.4, -0.2) is 21.8 Å². The van der Waals surface area contributed by atoms with Crippen LogP contribution in [0, 0.1) is 6.92 Å². The summed E-state index contributed by atoms with van der Waals surface area (Å²) in [6.07, 6.45) is 1.86. The highest BCUT2D eigenvalue weighted by molar-refractivity contribution is 8.19. The molecule has 1 fully saturated rings. The number of thioether (sulfide) groups is 1. The van der Waals surface area contributed by atoms with E-state index in [0.717, 1.165) is 11.3 Å². The Morgan fingerprint density at radius 3 is 2.34 bits per heavy atom. The normalized spacial score (nSPS) is 16.8. The zero-order valence-electron chi connectivity index (χ0n) is 15.8. The lowest BCUT2D eigenvalue weighted by Gasteiger charge is -2.14. The lowest BCUT2D eigenvalue weighted by atomic mass is 10.2. The second kappa shape index (κ2) is 8.14. The molecule has 1 saturated heterocycles. The first-order valence-electron chi connectivity index (χ1n) is 8.94. The van der Waals surface area contributed by atoms with Gasteiger partial charge in [0.15, 0.2) is 11.0 Å².